The summed E-state index contributed by atoms with van der Waals surface area (Å²) in [5.74, 6) is 0.304. The zero-order valence-electron chi connectivity index (χ0n) is 13.0. The summed E-state index contributed by atoms with van der Waals surface area (Å²) in [6.45, 7) is 1.33. The molecule has 1 aromatic carbocycles. The number of nitrogens with one attached hydrogen (secondary N) is 1. The topological polar surface area (TPSA) is 92.9 Å². The highest BCUT2D eigenvalue weighted by Gasteiger charge is 2.06. The van der Waals surface area contributed by atoms with Crippen molar-refractivity contribution in [1.82, 2.24) is 19.7 Å². The van der Waals surface area contributed by atoms with E-state index < -0.39 is 5.97 Å². The van der Waals surface area contributed by atoms with Gasteiger partial charge in [-0.2, -0.15) is 0 Å². The predicted molar refractivity (Wildman–Crippen MR) is 88.7 cm³/mol. The van der Waals surface area contributed by atoms with Crippen molar-refractivity contribution in [3.05, 3.63) is 71.9 Å². The fourth-order valence-electron chi connectivity index (χ4n) is 2.32. The number of aromatic nitrogens is 4. The second-order valence-corrected chi connectivity index (χ2v) is 5.23. The van der Waals surface area contributed by atoms with E-state index in [1.54, 1.807) is 12.3 Å². The molecular weight excluding hydrogens is 306 g/mol. The van der Waals surface area contributed by atoms with Crippen LogP contribution >= 0.6 is 0 Å². The van der Waals surface area contributed by atoms with E-state index >= 15 is 0 Å². The van der Waals surface area contributed by atoms with Crippen molar-refractivity contribution < 1.29 is 9.90 Å². The number of anilines is 1. The van der Waals surface area contributed by atoms with E-state index in [0.29, 0.717) is 12.4 Å². The molecule has 0 radical (unpaired) electrons. The van der Waals surface area contributed by atoms with Gasteiger partial charge >= 0.3 is 5.97 Å². The van der Waals surface area contributed by atoms with Gasteiger partial charge in [-0.15, -0.1) is 10.2 Å². The second kappa shape index (κ2) is 7.36. The highest BCUT2D eigenvalue weighted by molar-refractivity contribution is 5.85. The molecule has 0 saturated carbocycles. The van der Waals surface area contributed by atoms with Gasteiger partial charge in [0.25, 0.3) is 0 Å². The first kappa shape index (κ1) is 15.7. The number of aromatic carboxylic acids is 1. The fourth-order valence-corrected chi connectivity index (χ4v) is 2.32. The maximum atomic E-state index is 10.8. The van der Waals surface area contributed by atoms with Gasteiger partial charge in [-0.3, -0.25) is 0 Å². The molecule has 122 valence electrons. The minimum atomic E-state index is -1.09. The average Bonchev–Trinajstić information content (AvgIpc) is 3.07. The Morgan fingerprint density at radius 3 is 2.67 bits per heavy atom. The molecule has 0 atom stereocenters. The standard InChI is InChI=1S/C17H17N5O2/c23-17(24)14-6-7-15(21-20-14)19-12-16-18-9-11-22(16)10-8-13-4-2-1-3-5-13/h1-7,9,11H,8,10,12H2,(H,19,21)(H,23,24). The first-order valence-electron chi connectivity index (χ1n) is 7.57. The van der Waals surface area contributed by atoms with Gasteiger partial charge in [-0.25, -0.2) is 9.78 Å². The Labute approximate surface area is 139 Å². The van der Waals surface area contributed by atoms with Crippen molar-refractivity contribution in [3.63, 3.8) is 0 Å². The van der Waals surface area contributed by atoms with E-state index in [0.717, 1.165) is 18.8 Å². The zero-order chi connectivity index (χ0) is 16.8. The molecule has 0 amide bonds. The highest BCUT2D eigenvalue weighted by Crippen LogP contribution is 2.07. The normalized spacial score (nSPS) is 10.5. The van der Waals surface area contributed by atoms with Gasteiger partial charge in [0.15, 0.2) is 5.69 Å². The van der Waals surface area contributed by atoms with Crippen molar-refractivity contribution in [2.24, 2.45) is 0 Å². The minimum absolute atomic E-state index is 0.0788. The van der Waals surface area contributed by atoms with Crippen molar-refractivity contribution in [2.75, 3.05) is 5.32 Å². The summed E-state index contributed by atoms with van der Waals surface area (Å²) >= 11 is 0. The summed E-state index contributed by atoms with van der Waals surface area (Å²) in [5, 5.41) is 19.4. The number of carboxylic acid groups (broad SMARTS) is 1. The summed E-state index contributed by atoms with van der Waals surface area (Å²) in [4.78, 5) is 15.1. The molecule has 0 bridgehead atoms. The third kappa shape index (κ3) is 3.95. The van der Waals surface area contributed by atoms with Gasteiger partial charge in [0.1, 0.15) is 11.6 Å². The van der Waals surface area contributed by atoms with Gasteiger partial charge in [0.05, 0.1) is 6.54 Å². The highest BCUT2D eigenvalue weighted by atomic mass is 16.4. The smallest absolute Gasteiger partial charge is 0.356 e. The van der Waals surface area contributed by atoms with Crippen LogP contribution in [0, 0.1) is 0 Å². The van der Waals surface area contributed by atoms with E-state index in [-0.39, 0.29) is 5.69 Å². The molecule has 7 nitrogen and oxygen atoms in total. The van der Waals surface area contributed by atoms with Crippen LogP contribution in [-0.4, -0.2) is 30.8 Å². The molecule has 2 N–H and O–H groups in total. The number of rotatable bonds is 7. The largest absolute Gasteiger partial charge is 0.476 e. The van der Waals surface area contributed by atoms with Crippen LogP contribution in [0.1, 0.15) is 21.9 Å². The van der Waals surface area contributed by atoms with Crippen LogP contribution in [0.5, 0.6) is 0 Å². The molecule has 0 aliphatic heterocycles. The summed E-state index contributed by atoms with van der Waals surface area (Å²) < 4.78 is 2.08. The monoisotopic (exact) mass is 323 g/mol. The summed E-state index contributed by atoms with van der Waals surface area (Å²) in [6, 6.07) is 13.3. The summed E-state index contributed by atoms with van der Waals surface area (Å²) in [6.07, 6.45) is 4.64. The van der Waals surface area contributed by atoms with Gasteiger partial charge in [-0.1, -0.05) is 30.3 Å². The minimum Gasteiger partial charge on any atom is -0.476 e. The molecular formula is C17H17N5O2. The Hall–Kier alpha value is -3.22. The molecule has 3 aromatic rings. The van der Waals surface area contributed by atoms with Crippen molar-refractivity contribution in [2.45, 2.75) is 19.5 Å². The van der Waals surface area contributed by atoms with Crippen LogP contribution in [0.15, 0.2) is 54.9 Å². The van der Waals surface area contributed by atoms with E-state index in [4.69, 9.17) is 5.11 Å². The lowest BCUT2D eigenvalue weighted by Gasteiger charge is -2.09. The molecule has 0 aliphatic carbocycles. The molecule has 0 fully saturated rings. The number of benzene rings is 1. The average molecular weight is 323 g/mol. The number of hydrogen-bond donors (Lipinski definition) is 2. The lowest BCUT2D eigenvalue weighted by molar-refractivity contribution is 0.0689. The number of carbonyl (C=O) groups is 1. The molecule has 0 spiro atoms. The summed E-state index contributed by atoms with van der Waals surface area (Å²) in [5.41, 5.74) is 1.20. The number of carboxylic acids is 1. The maximum absolute atomic E-state index is 10.8. The molecule has 3 rings (SSSR count). The molecule has 0 unspecified atom stereocenters. The van der Waals surface area contributed by atoms with Crippen molar-refractivity contribution in [3.8, 4) is 0 Å². The van der Waals surface area contributed by atoms with Gasteiger partial charge < -0.3 is 15.0 Å². The number of aryl methyl sites for hydroxylation is 2. The molecule has 0 aliphatic rings. The lowest BCUT2D eigenvalue weighted by Crippen LogP contribution is -2.11. The zero-order valence-corrected chi connectivity index (χ0v) is 13.0. The Bertz CT molecular complexity index is 799. The van der Waals surface area contributed by atoms with E-state index in [1.807, 2.05) is 24.4 Å². The molecule has 2 aromatic heterocycles. The first-order chi connectivity index (χ1) is 11.7. The van der Waals surface area contributed by atoms with E-state index in [1.165, 1.54) is 11.6 Å². The maximum Gasteiger partial charge on any atom is 0.356 e. The van der Waals surface area contributed by atoms with Crippen LogP contribution in [0.2, 0.25) is 0 Å². The van der Waals surface area contributed by atoms with E-state index in [9.17, 15) is 4.79 Å². The predicted octanol–water partition coefficient (Wildman–Crippen LogP) is 2.23. The molecule has 7 heteroatoms. The Morgan fingerprint density at radius 1 is 1.12 bits per heavy atom. The van der Waals surface area contributed by atoms with Crippen molar-refractivity contribution >= 4 is 11.8 Å². The number of imidazole rings is 1. The third-order valence-electron chi connectivity index (χ3n) is 3.60. The number of nitrogens with zero attached hydrogens (tertiary/aromatic N) is 4. The van der Waals surface area contributed by atoms with Gasteiger partial charge in [0, 0.05) is 18.9 Å². The SMILES string of the molecule is O=C(O)c1ccc(NCc2nccn2CCc2ccccc2)nn1. The van der Waals surface area contributed by atoms with Crippen LogP contribution in [0.4, 0.5) is 5.82 Å². The Balaban J connectivity index is 1.58. The fraction of sp³-hybridized carbons (Fsp3) is 0.176. The first-order valence-corrected chi connectivity index (χ1v) is 7.57. The van der Waals surface area contributed by atoms with Gasteiger partial charge in [0.2, 0.25) is 0 Å². The molecule has 0 saturated heterocycles. The Morgan fingerprint density at radius 2 is 1.96 bits per heavy atom. The lowest BCUT2D eigenvalue weighted by atomic mass is 10.1. The second-order valence-electron chi connectivity index (χ2n) is 5.23. The molecule has 24 heavy (non-hydrogen) atoms. The third-order valence-corrected chi connectivity index (χ3v) is 3.60. The van der Waals surface area contributed by atoms with Crippen molar-refractivity contribution in [1.29, 1.82) is 0 Å². The van der Waals surface area contributed by atoms with Crippen LogP contribution < -0.4 is 5.32 Å². The van der Waals surface area contributed by atoms with E-state index in [2.05, 4.69) is 37.2 Å². The van der Waals surface area contributed by atoms with Crippen LogP contribution in [0.25, 0.3) is 0 Å². The quantitative estimate of drug-likeness (QED) is 0.692. The van der Waals surface area contributed by atoms with Crippen LogP contribution in [0.3, 0.4) is 0 Å². The Kier molecular flexibility index (Phi) is 4.81. The van der Waals surface area contributed by atoms with Gasteiger partial charge in [-0.05, 0) is 24.1 Å². The number of hydrogen-bond acceptors (Lipinski definition) is 5. The summed E-state index contributed by atoms with van der Waals surface area (Å²) in [7, 11) is 0. The van der Waals surface area contributed by atoms with Crippen LogP contribution in [-0.2, 0) is 19.5 Å². The molecule has 2 heterocycles.